The quantitative estimate of drug-likeness (QED) is 0.798. The second kappa shape index (κ2) is 6.72. The summed E-state index contributed by atoms with van der Waals surface area (Å²) in [6.07, 6.45) is -0.552. The van der Waals surface area contributed by atoms with Gasteiger partial charge in [-0.05, 0) is 25.5 Å². The monoisotopic (exact) mass is 292 g/mol. The Morgan fingerprint density at radius 3 is 2.57 bits per heavy atom. The standard InChI is InChI=1S/C16H20O5/c1-10-9-14(21-16(10)20-12(3)17)11(2)19-15(18)13-7-5-4-6-8-13/h4-8,10-11,14,16H,9H2,1-3H3/t10-,11?,14+,16?/m1/s1. The third kappa shape index (κ3) is 4.04. The van der Waals surface area contributed by atoms with Crippen molar-refractivity contribution >= 4 is 11.9 Å². The average Bonchev–Trinajstić information content (AvgIpc) is 2.80. The molecule has 0 saturated carbocycles. The molecule has 0 amide bonds. The number of hydrogen-bond acceptors (Lipinski definition) is 5. The maximum absolute atomic E-state index is 12.0. The van der Waals surface area contributed by atoms with Crippen molar-refractivity contribution in [1.29, 1.82) is 0 Å². The van der Waals surface area contributed by atoms with E-state index in [1.807, 2.05) is 13.0 Å². The molecule has 5 nitrogen and oxygen atoms in total. The Morgan fingerprint density at radius 2 is 1.95 bits per heavy atom. The minimum absolute atomic E-state index is 0.0803. The molecule has 1 heterocycles. The minimum Gasteiger partial charge on any atom is -0.456 e. The van der Waals surface area contributed by atoms with Crippen molar-refractivity contribution < 1.29 is 23.8 Å². The van der Waals surface area contributed by atoms with E-state index in [-0.39, 0.29) is 24.0 Å². The molecule has 0 spiro atoms. The molecule has 1 aliphatic rings. The van der Waals surface area contributed by atoms with Crippen LogP contribution in [0.1, 0.15) is 37.6 Å². The molecular formula is C16H20O5. The summed E-state index contributed by atoms with van der Waals surface area (Å²) in [5, 5.41) is 0. The second-order valence-electron chi connectivity index (χ2n) is 5.34. The number of ether oxygens (including phenoxy) is 3. The number of esters is 2. The summed E-state index contributed by atoms with van der Waals surface area (Å²) in [7, 11) is 0. The molecule has 2 unspecified atom stereocenters. The van der Waals surface area contributed by atoms with E-state index >= 15 is 0 Å². The van der Waals surface area contributed by atoms with Gasteiger partial charge in [0.1, 0.15) is 6.10 Å². The molecule has 1 aromatic rings. The van der Waals surface area contributed by atoms with Gasteiger partial charge in [0.05, 0.1) is 11.7 Å². The van der Waals surface area contributed by atoms with Gasteiger partial charge >= 0.3 is 11.9 Å². The van der Waals surface area contributed by atoms with Crippen molar-refractivity contribution in [2.45, 2.75) is 45.7 Å². The normalized spacial score (nSPS) is 26.1. The van der Waals surface area contributed by atoms with Gasteiger partial charge in [0.15, 0.2) is 0 Å². The van der Waals surface area contributed by atoms with E-state index in [4.69, 9.17) is 14.2 Å². The van der Waals surface area contributed by atoms with E-state index in [2.05, 4.69) is 0 Å². The van der Waals surface area contributed by atoms with Crippen LogP contribution in [-0.2, 0) is 19.0 Å². The smallest absolute Gasteiger partial charge is 0.338 e. The molecule has 0 N–H and O–H groups in total. The largest absolute Gasteiger partial charge is 0.456 e. The SMILES string of the molecule is CC(=O)OC1O[C@H](C(C)OC(=O)c2ccccc2)C[C@H]1C. The van der Waals surface area contributed by atoms with Gasteiger partial charge in [-0.15, -0.1) is 0 Å². The molecule has 1 aliphatic heterocycles. The maximum Gasteiger partial charge on any atom is 0.338 e. The third-order valence-electron chi connectivity index (χ3n) is 3.49. The molecule has 0 aliphatic carbocycles. The molecule has 1 saturated heterocycles. The summed E-state index contributed by atoms with van der Waals surface area (Å²) in [6, 6.07) is 8.81. The molecule has 0 bridgehead atoms. The topological polar surface area (TPSA) is 61.8 Å². The lowest BCUT2D eigenvalue weighted by molar-refractivity contribution is -0.183. The third-order valence-corrected chi connectivity index (χ3v) is 3.49. The Hall–Kier alpha value is -1.88. The van der Waals surface area contributed by atoms with Crippen LogP contribution in [0.5, 0.6) is 0 Å². The van der Waals surface area contributed by atoms with E-state index in [1.54, 1.807) is 31.2 Å². The Morgan fingerprint density at radius 1 is 1.29 bits per heavy atom. The first-order chi connectivity index (χ1) is 9.97. The van der Waals surface area contributed by atoms with Crippen molar-refractivity contribution in [2.75, 3.05) is 0 Å². The minimum atomic E-state index is -0.564. The molecule has 1 fully saturated rings. The van der Waals surface area contributed by atoms with E-state index in [9.17, 15) is 9.59 Å². The van der Waals surface area contributed by atoms with Gasteiger partial charge in [0.2, 0.25) is 6.29 Å². The highest BCUT2D eigenvalue weighted by Crippen LogP contribution is 2.30. The van der Waals surface area contributed by atoms with Crippen LogP contribution in [0.15, 0.2) is 30.3 Å². The van der Waals surface area contributed by atoms with E-state index in [1.165, 1.54) is 6.92 Å². The van der Waals surface area contributed by atoms with Gasteiger partial charge in [-0.25, -0.2) is 4.79 Å². The van der Waals surface area contributed by atoms with E-state index in [0.29, 0.717) is 12.0 Å². The van der Waals surface area contributed by atoms with Crippen molar-refractivity contribution in [2.24, 2.45) is 5.92 Å². The highest BCUT2D eigenvalue weighted by molar-refractivity contribution is 5.89. The first-order valence-electron chi connectivity index (χ1n) is 7.06. The first kappa shape index (κ1) is 15.5. The molecular weight excluding hydrogens is 272 g/mol. The van der Waals surface area contributed by atoms with Gasteiger partial charge in [-0.3, -0.25) is 4.79 Å². The predicted molar refractivity (Wildman–Crippen MR) is 75.5 cm³/mol. The molecule has 114 valence electrons. The molecule has 0 radical (unpaired) electrons. The summed E-state index contributed by atoms with van der Waals surface area (Å²) in [6.45, 7) is 5.08. The van der Waals surface area contributed by atoms with Gasteiger partial charge < -0.3 is 14.2 Å². The Balaban J connectivity index is 1.91. The molecule has 5 heteroatoms. The van der Waals surface area contributed by atoms with Gasteiger partial charge in [-0.2, -0.15) is 0 Å². The number of benzene rings is 1. The van der Waals surface area contributed by atoms with E-state index < -0.39 is 12.4 Å². The van der Waals surface area contributed by atoms with Gasteiger partial charge in [0, 0.05) is 12.8 Å². The summed E-state index contributed by atoms with van der Waals surface area (Å²) < 4.78 is 16.2. The molecule has 1 aromatic carbocycles. The summed E-state index contributed by atoms with van der Waals surface area (Å²) >= 11 is 0. The number of carbonyl (C=O) groups is 2. The Bertz CT molecular complexity index is 499. The zero-order valence-corrected chi connectivity index (χ0v) is 12.4. The fourth-order valence-corrected chi connectivity index (χ4v) is 2.34. The predicted octanol–water partition coefficient (Wildman–Crippen LogP) is 2.55. The van der Waals surface area contributed by atoms with Gasteiger partial charge in [0.25, 0.3) is 0 Å². The summed E-state index contributed by atoms with van der Waals surface area (Å²) in [5.41, 5.74) is 0.506. The zero-order chi connectivity index (χ0) is 15.4. The van der Waals surface area contributed by atoms with Crippen LogP contribution in [0.2, 0.25) is 0 Å². The Labute approximate surface area is 124 Å². The number of hydrogen-bond donors (Lipinski definition) is 0. The lowest BCUT2D eigenvalue weighted by Gasteiger charge is -2.20. The van der Waals surface area contributed by atoms with E-state index in [0.717, 1.165) is 0 Å². The fraction of sp³-hybridized carbons (Fsp3) is 0.500. The van der Waals surface area contributed by atoms with Crippen LogP contribution in [-0.4, -0.2) is 30.4 Å². The van der Waals surface area contributed by atoms with Crippen LogP contribution < -0.4 is 0 Å². The van der Waals surface area contributed by atoms with Crippen LogP contribution in [0, 0.1) is 5.92 Å². The van der Waals surface area contributed by atoms with Crippen molar-refractivity contribution in [3.05, 3.63) is 35.9 Å². The van der Waals surface area contributed by atoms with Crippen LogP contribution in [0.3, 0.4) is 0 Å². The van der Waals surface area contributed by atoms with Crippen molar-refractivity contribution in [3.63, 3.8) is 0 Å². The number of rotatable bonds is 4. The zero-order valence-electron chi connectivity index (χ0n) is 12.4. The highest BCUT2D eigenvalue weighted by Gasteiger charge is 2.38. The lowest BCUT2D eigenvalue weighted by atomic mass is 10.0. The molecule has 4 atom stereocenters. The van der Waals surface area contributed by atoms with Crippen molar-refractivity contribution in [1.82, 2.24) is 0 Å². The fourth-order valence-electron chi connectivity index (χ4n) is 2.34. The average molecular weight is 292 g/mol. The van der Waals surface area contributed by atoms with Crippen LogP contribution in [0.25, 0.3) is 0 Å². The van der Waals surface area contributed by atoms with Crippen LogP contribution >= 0.6 is 0 Å². The maximum atomic E-state index is 12.0. The summed E-state index contributed by atoms with van der Waals surface area (Å²) in [4.78, 5) is 23.0. The molecule has 21 heavy (non-hydrogen) atoms. The van der Waals surface area contributed by atoms with Gasteiger partial charge in [-0.1, -0.05) is 25.1 Å². The van der Waals surface area contributed by atoms with Crippen LogP contribution in [0.4, 0.5) is 0 Å². The van der Waals surface area contributed by atoms with Crippen molar-refractivity contribution in [3.8, 4) is 0 Å². The lowest BCUT2D eigenvalue weighted by Crippen LogP contribution is -2.29. The Kier molecular flexibility index (Phi) is 4.96. The molecule has 2 rings (SSSR count). The second-order valence-corrected chi connectivity index (χ2v) is 5.34. The first-order valence-corrected chi connectivity index (χ1v) is 7.06. The highest BCUT2D eigenvalue weighted by atomic mass is 16.7. The number of carbonyl (C=O) groups excluding carboxylic acids is 2. The molecule has 0 aromatic heterocycles. The summed E-state index contributed by atoms with van der Waals surface area (Å²) in [5.74, 6) is -0.673.